The van der Waals surface area contributed by atoms with Crippen LogP contribution in [-0.2, 0) is 19.6 Å². The molecule has 3 rings (SSSR count). The predicted octanol–water partition coefficient (Wildman–Crippen LogP) is 3.04. The molecule has 31 heavy (non-hydrogen) atoms. The van der Waals surface area contributed by atoms with Gasteiger partial charge in [0.2, 0.25) is 22.7 Å². The van der Waals surface area contributed by atoms with Crippen molar-refractivity contribution in [2.75, 3.05) is 36.3 Å². The lowest BCUT2D eigenvalue weighted by atomic mass is 10.2. The van der Waals surface area contributed by atoms with Crippen molar-refractivity contribution in [2.45, 2.75) is 12.8 Å². The summed E-state index contributed by atoms with van der Waals surface area (Å²) in [5, 5.41) is 2.87. The number of fused-ring (bicyclic) bond motifs is 1. The number of ether oxygens (including phenoxy) is 3. The van der Waals surface area contributed by atoms with Crippen molar-refractivity contribution < 1.29 is 32.2 Å². The van der Waals surface area contributed by atoms with Crippen LogP contribution in [0, 0.1) is 0 Å². The molecule has 0 fully saturated rings. The maximum atomic E-state index is 12.3. The maximum Gasteiger partial charge on any atom is 0.339 e. The number of halogens is 1. The van der Waals surface area contributed by atoms with Crippen LogP contribution in [-0.4, -0.2) is 47.0 Å². The van der Waals surface area contributed by atoms with Gasteiger partial charge in [0.05, 0.1) is 29.6 Å². The minimum atomic E-state index is -3.58. The van der Waals surface area contributed by atoms with E-state index in [0.717, 1.165) is 6.26 Å². The van der Waals surface area contributed by atoms with Crippen LogP contribution in [0.4, 0.5) is 11.4 Å². The second-order valence-corrected chi connectivity index (χ2v) is 9.02. The summed E-state index contributed by atoms with van der Waals surface area (Å²) in [6.07, 6.45) is 1.43. The topological polar surface area (TPSA) is 111 Å². The Morgan fingerprint density at radius 3 is 2.61 bits per heavy atom. The Morgan fingerprint density at radius 2 is 1.90 bits per heavy atom. The number of carbonyl (C=O) groups is 2. The fourth-order valence-electron chi connectivity index (χ4n) is 3.00. The van der Waals surface area contributed by atoms with Crippen LogP contribution in [0.25, 0.3) is 0 Å². The van der Waals surface area contributed by atoms with Crippen molar-refractivity contribution in [3.05, 3.63) is 47.0 Å². The van der Waals surface area contributed by atoms with Crippen molar-refractivity contribution in [1.29, 1.82) is 0 Å². The molecule has 0 saturated carbocycles. The van der Waals surface area contributed by atoms with Crippen molar-refractivity contribution in [3.8, 4) is 11.5 Å². The van der Waals surface area contributed by atoms with Crippen molar-refractivity contribution in [3.63, 3.8) is 0 Å². The lowest BCUT2D eigenvalue weighted by Gasteiger charge is -2.22. The zero-order valence-corrected chi connectivity index (χ0v) is 18.5. The van der Waals surface area contributed by atoms with E-state index in [1.54, 1.807) is 24.3 Å². The zero-order valence-electron chi connectivity index (χ0n) is 16.9. The third-order valence-corrected chi connectivity index (χ3v) is 5.99. The lowest BCUT2D eigenvalue weighted by Crippen LogP contribution is -2.31. The standard InChI is InChI=1S/C20H21ClN2O7S/c1-28-20(25)15-10-13(5-7-16(15)21)22-19(24)4-3-9-23(31(2,26)27)14-6-8-17-18(11-14)30-12-29-17/h5-8,10-11H,3-4,9,12H2,1-2H3,(H,22,24). The van der Waals surface area contributed by atoms with E-state index in [2.05, 4.69) is 10.1 Å². The Kier molecular flexibility index (Phi) is 6.91. The molecule has 0 bridgehead atoms. The predicted molar refractivity (Wildman–Crippen MR) is 115 cm³/mol. The molecular weight excluding hydrogens is 448 g/mol. The minimum absolute atomic E-state index is 0.0623. The summed E-state index contributed by atoms with van der Waals surface area (Å²) in [6.45, 7) is 0.181. The van der Waals surface area contributed by atoms with Crippen molar-refractivity contribution in [1.82, 2.24) is 0 Å². The number of hydrogen-bond acceptors (Lipinski definition) is 7. The summed E-state index contributed by atoms with van der Waals surface area (Å²) < 4.78 is 40.9. The number of sulfonamides is 1. The van der Waals surface area contributed by atoms with E-state index in [9.17, 15) is 18.0 Å². The fourth-order valence-corrected chi connectivity index (χ4v) is 4.15. The van der Waals surface area contributed by atoms with Crippen LogP contribution in [0.2, 0.25) is 5.02 Å². The summed E-state index contributed by atoms with van der Waals surface area (Å²) in [5.41, 5.74) is 0.936. The molecule has 1 N–H and O–H groups in total. The van der Waals surface area contributed by atoms with Gasteiger partial charge >= 0.3 is 5.97 Å². The van der Waals surface area contributed by atoms with Crippen LogP contribution < -0.4 is 19.1 Å². The van der Waals surface area contributed by atoms with Gasteiger partial charge in [-0.25, -0.2) is 13.2 Å². The van der Waals surface area contributed by atoms with E-state index in [0.29, 0.717) is 22.9 Å². The van der Waals surface area contributed by atoms with Crippen LogP contribution in [0.3, 0.4) is 0 Å². The number of nitrogens with one attached hydrogen (secondary N) is 1. The molecule has 0 spiro atoms. The molecule has 0 radical (unpaired) electrons. The number of rotatable bonds is 8. The highest BCUT2D eigenvalue weighted by Gasteiger charge is 2.21. The van der Waals surface area contributed by atoms with Gasteiger partial charge in [0.15, 0.2) is 11.5 Å². The summed E-state index contributed by atoms with van der Waals surface area (Å²) in [4.78, 5) is 24.0. The second-order valence-electron chi connectivity index (χ2n) is 6.71. The van der Waals surface area contributed by atoms with Gasteiger partial charge in [-0.05, 0) is 36.8 Å². The molecule has 0 unspecified atom stereocenters. The number of methoxy groups -OCH3 is 1. The van der Waals surface area contributed by atoms with E-state index in [1.807, 2.05) is 0 Å². The fraction of sp³-hybridized carbons (Fsp3) is 0.300. The van der Waals surface area contributed by atoms with Crippen LogP contribution in [0.1, 0.15) is 23.2 Å². The summed E-state index contributed by atoms with van der Waals surface area (Å²) >= 11 is 5.97. The normalized spacial score (nSPS) is 12.4. The molecule has 11 heteroatoms. The Bertz CT molecular complexity index is 1100. The van der Waals surface area contributed by atoms with Gasteiger partial charge in [0.25, 0.3) is 0 Å². The average Bonchev–Trinajstić information content (AvgIpc) is 3.19. The SMILES string of the molecule is COC(=O)c1cc(NC(=O)CCCN(c2ccc3c(c2)OCO3)S(C)(=O)=O)ccc1Cl. The Hall–Kier alpha value is -2.98. The maximum absolute atomic E-state index is 12.3. The molecule has 0 aliphatic carbocycles. The van der Waals surface area contributed by atoms with Crippen LogP contribution >= 0.6 is 11.6 Å². The first-order chi connectivity index (χ1) is 14.7. The number of amides is 1. The Labute approximate surface area is 184 Å². The summed E-state index contributed by atoms with van der Waals surface area (Å²) in [6, 6.07) is 9.31. The molecule has 2 aromatic carbocycles. The molecule has 1 amide bonds. The summed E-state index contributed by atoms with van der Waals surface area (Å²) in [7, 11) is -2.34. The Morgan fingerprint density at radius 1 is 1.16 bits per heavy atom. The van der Waals surface area contributed by atoms with Gasteiger partial charge in [0.1, 0.15) is 0 Å². The van der Waals surface area contributed by atoms with E-state index in [1.165, 1.54) is 23.5 Å². The lowest BCUT2D eigenvalue weighted by molar-refractivity contribution is -0.116. The third kappa shape index (κ3) is 5.59. The van der Waals surface area contributed by atoms with Gasteiger partial charge in [-0.2, -0.15) is 0 Å². The highest BCUT2D eigenvalue weighted by Crippen LogP contribution is 2.36. The van der Waals surface area contributed by atoms with E-state index in [4.69, 9.17) is 21.1 Å². The molecule has 1 heterocycles. The number of nitrogens with zero attached hydrogens (tertiary/aromatic N) is 1. The van der Waals surface area contributed by atoms with E-state index >= 15 is 0 Å². The molecule has 166 valence electrons. The monoisotopic (exact) mass is 468 g/mol. The first-order valence-electron chi connectivity index (χ1n) is 9.24. The van der Waals surface area contributed by atoms with E-state index in [-0.39, 0.29) is 42.7 Å². The number of esters is 1. The molecule has 1 aliphatic heterocycles. The number of anilines is 2. The molecular formula is C20H21ClN2O7S. The van der Waals surface area contributed by atoms with Crippen molar-refractivity contribution >= 4 is 44.9 Å². The first-order valence-corrected chi connectivity index (χ1v) is 11.5. The average molecular weight is 469 g/mol. The molecule has 0 aromatic heterocycles. The first kappa shape index (κ1) is 22.7. The summed E-state index contributed by atoms with van der Waals surface area (Å²) in [5.74, 6) is 0.0600. The molecule has 0 saturated heterocycles. The second kappa shape index (κ2) is 9.44. The van der Waals surface area contributed by atoms with E-state index < -0.39 is 16.0 Å². The van der Waals surface area contributed by atoms with Gasteiger partial charge in [-0.1, -0.05) is 11.6 Å². The molecule has 0 atom stereocenters. The largest absolute Gasteiger partial charge is 0.465 e. The number of hydrogen-bond donors (Lipinski definition) is 1. The molecule has 2 aromatic rings. The number of benzene rings is 2. The van der Waals surface area contributed by atoms with Crippen molar-refractivity contribution in [2.24, 2.45) is 0 Å². The van der Waals surface area contributed by atoms with Gasteiger partial charge < -0.3 is 19.5 Å². The van der Waals surface area contributed by atoms with Crippen LogP contribution in [0.15, 0.2) is 36.4 Å². The third-order valence-electron chi connectivity index (χ3n) is 4.46. The number of carbonyl (C=O) groups excluding carboxylic acids is 2. The van der Waals surface area contributed by atoms with Crippen LogP contribution in [0.5, 0.6) is 11.5 Å². The smallest absolute Gasteiger partial charge is 0.339 e. The molecule has 9 nitrogen and oxygen atoms in total. The Balaban J connectivity index is 1.62. The molecule has 1 aliphatic rings. The quantitative estimate of drug-likeness (QED) is 0.592. The van der Waals surface area contributed by atoms with Gasteiger partial charge in [-0.15, -0.1) is 0 Å². The highest BCUT2D eigenvalue weighted by molar-refractivity contribution is 7.92. The highest BCUT2D eigenvalue weighted by atomic mass is 35.5. The van der Waals surface area contributed by atoms with Gasteiger partial charge in [0, 0.05) is 24.7 Å². The zero-order chi connectivity index (χ0) is 22.6. The van der Waals surface area contributed by atoms with Gasteiger partial charge in [-0.3, -0.25) is 9.10 Å². The minimum Gasteiger partial charge on any atom is -0.465 e.